The molecule has 0 spiro atoms. The molecule has 1 aromatic heterocycles. The predicted molar refractivity (Wildman–Crippen MR) is 160 cm³/mol. The Morgan fingerprint density at radius 2 is 1.51 bits per heavy atom. The van der Waals surface area contributed by atoms with Gasteiger partial charge < -0.3 is 30.7 Å². The maximum absolute atomic E-state index is 12.0. The first-order valence-corrected chi connectivity index (χ1v) is 14.7. The summed E-state index contributed by atoms with van der Waals surface area (Å²) in [5, 5.41) is 13.1. The molecule has 2 saturated carbocycles. The summed E-state index contributed by atoms with van der Waals surface area (Å²) >= 11 is 0. The average Bonchev–Trinajstić information content (AvgIpc) is 3.62. The maximum atomic E-state index is 12.0. The van der Waals surface area contributed by atoms with E-state index in [2.05, 4.69) is 67.4 Å². The number of rotatable bonds is 16. The van der Waals surface area contributed by atoms with Crippen LogP contribution in [0.5, 0.6) is 0 Å². The number of nitrogens with one attached hydrogen (secondary N) is 4. The molecule has 218 valence electrons. The molecule has 2 aliphatic carbocycles. The maximum Gasteiger partial charge on any atom is 0.251 e. The van der Waals surface area contributed by atoms with Crippen molar-refractivity contribution in [1.29, 1.82) is 0 Å². The van der Waals surface area contributed by atoms with E-state index >= 15 is 0 Å². The van der Waals surface area contributed by atoms with Crippen molar-refractivity contribution in [3.63, 3.8) is 0 Å². The third kappa shape index (κ3) is 8.86. The van der Waals surface area contributed by atoms with Crippen molar-refractivity contribution in [3.05, 3.63) is 71.3 Å². The molecule has 5 rings (SSSR count). The zero-order chi connectivity index (χ0) is 28.3. The Morgan fingerprint density at radius 1 is 0.805 bits per heavy atom. The van der Waals surface area contributed by atoms with Crippen molar-refractivity contribution in [2.45, 2.75) is 45.2 Å². The SMILES string of the molecule is Cc1ccc(CNc2nc(NCCOCCOCCNC(=O)c3ccccc3)nc(NC3CC4CCC3C4)n2)cc1. The van der Waals surface area contributed by atoms with E-state index in [4.69, 9.17) is 9.47 Å². The summed E-state index contributed by atoms with van der Waals surface area (Å²) < 4.78 is 11.3. The lowest BCUT2D eigenvalue weighted by atomic mass is 9.95. The van der Waals surface area contributed by atoms with Gasteiger partial charge >= 0.3 is 0 Å². The Hall–Kier alpha value is -3.76. The van der Waals surface area contributed by atoms with Gasteiger partial charge in [-0.25, -0.2) is 0 Å². The molecular formula is C31H41N7O3. The van der Waals surface area contributed by atoms with Gasteiger partial charge in [0.15, 0.2) is 0 Å². The number of carbonyl (C=O) groups is 1. The molecule has 1 amide bonds. The Labute approximate surface area is 242 Å². The number of aromatic nitrogens is 3. The van der Waals surface area contributed by atoms with E-state index in [0.717, 1.165) is 5.92 Å². The van der Waals surface area contributed by atoms with Crippen LogP contribution >= 0.6 is 0 Å². The van der Waals surface area contributed by atoms with Crippen molar-refractivity contribution < 1.29 is 14.3 Å². The fourth-order valence-corrected chi connectivity index (χ4v) is 5.56. The lowest BCUT2D eigenvalue weighted by molar-refractivity contribution is 0.0519. The van der Waals surface area contributed by atoms with Crippen molar-refractivity contribution in [2.75, 3.05) is 55.5 Å². The summed E-state index contributed by atoms with van der Waals surface area (Å²) in [4.78, 5) is 25.9. The van der Waals surface area contributed by atoms with E-state index in [9.17, 15) is 4.79 Å². The molecule has 41 heavy (non-hydrogen) atoms. The molecule has 3 atom stereocenters. The molecule has 0 radical (unpaired) electrons. The molecule has 2 aromatic carbocycles. The van der Waals surface area contributed by atoms with Crippen LogP contribution in [0, 0.1) is 18.8 Å². The first-order valence-electron chi connectivity index (χ1n) is 14.7. The number of carbonyl (C=O) groups excluding carboxylic acids is 1. The number of hydrogen-bond donors (Lipinski definition) is 4. The number of amides is 1. The van der Waals surface area contributed by atoms with Crippen LogP contribution in [0.15, 0.2) is 54.6 Å². The number of fused-ring (bicyclic) bond motifs is 2. The van der Waals surface area contributed by atoms with Gasteiger partial charge in [0, 0.05) is 31.2 Å². The van der Waals surface area contributed by atoms with Crippen LogP contribution < -0.4 is 21.3 Å². The second-order valence-electron chi connectivity index (χ2n) is 10.8. The average molecular weight is 560 g/mol. The van der Waals surface area contributed by atoms with Crippen molar-refractivity contribution in [3.8, 4) is 0 Å². The quantitative estimate of drug-likeness (QED) is 0.191. The van der Waals surface area contributed by atoms with E-state index in [-0.39, 0.29) is 5.91 Å². The van der Waals surface area contributed by atoms with Gasteiger partial charge in [-0.3, -0.25) is 4.79 Å². The molecule has 10 nitrogen and oxygen atoms in total. The molecule has 4 N–H and O–H groups in total. The monoisotopic (exact) mass is 559 g/mol. The van der Waals surface area contributed by atoms with Gasteiger partial charge in [-0.1, -0.05) is 54.4 Å². The zero-order valence-corrected chi connectivity index (χ0v) is 23.8. The third-order valence-corrected chi connectivity index (χ3v) is 7.73. The van der Waals surface area contributed by atoms with Crippen LogP contribution in [0.3, 0.4) is 0 Å². The summed E-state index contributed by atoms with van der Waals surface area (Å²) in [5.41, 5.74) is 3.05. The van der Waals surface area contributed by atoms with Gasteiger partial charge in [0.25, 0.3) is 5.91 Å². The summed E-state index contributed by atoms with van der Waals surface area (Å²) in [7, 11) is 0. The van der Waals surface area contributed by atoms with Gasteiger partial charge in [0.1, 0.15) is 0 Å². The molecule has 10 heteroatoms. The number of nitrogens with zero attached hydrogens (tertiary/aromatic N) is 3. The van der Waals surface area contributed by atoms with E-state index in [1.54, 1.807) is 12.1 Å². The highest BCUT2D eigenvalue weighted by Gasteiger charge is 2.39. The topological polar surface area (TPSA) is 122 Å². The van der Waals surface area contributed by atoms with Crippen LogP contribution in [-0.4, -0.2) is 66.4 Å². The molecule has 3 aromatic rings. The summed E-state index contributed by atoms with van der Waals surface area (Å²) in [6.07, 6.45) is 5.16. The number of hydrogen-bond acceptors (Lipinski definition) is 9. The molecule has 0 saturated heterocycles. The highest BCUT2D eigenvalue weighted by atomic mass is 16.5. The van der Waals surface area contributed by atoms with Crippen molar-refractivity contribution >= 4 is 23.8 Å². The summed E-state index contributed by atoms with van der Waals surface area (Å²) in [6.45, 7) is 5.57. The van der Waals surface area contributed by atoms with Crippen molar-refractivity contribution in [2.24, 2.45) is 11.8 Å². The number of benzene rings is 2. The smallest absolute Gasteiger partial charge is 0.251 e. The molecule has 2 fully saturated rings. The molecule has 2 aliphatic rings. The Morgan fingerprint density at radius 3 is 2.22 bits per heavy atom. The van der Waals surface area contributed by atoms with Crippen LogP contribution in [0.25, 0.3) is 0 Å². The molecule has 0 aliphatic heterocycles. The van der Waals surface area contributed by atoms with Gasteiger partial charge in [-0.15, -0.1) is 0 Å². The highest BCUT2D eigenvalue weighted by molar-refractivity contribution is 5.94. The third-order valence-electron chi connectivity index (χ3n) is 7.73. The van der Waals surface area contributed by atoms with E-state index < -0.39 is 0 Å². The number of ether oxygens (including phenoxy) is 2. The van der Waals surface area contributed by atoms with Crippen LogP contribution in [0.2, 0.25) is 0 Å². The predicted octanol–water partition coefficient (Wildman–Crippen LogP) is 4.27. The van der Waals surface area contributed by atoms with Gasteiger partial charge in [0.05, 0.1) is 26.4 Å². The molecular weight excluding hydrogens is 518 g/mol. The van der Waals surface area contributed by atoms with Gasteiger partial charge in [0.2, 0.25) is 17.8 Å². The Balaban J connectivity index is 1.02. The fourth-order valence-electron chi connectivity index (χ4n) is 5.56. The number of aryl methyl sites for hydroxylation is 1. The first kappa shape index (κ1) is 28.8. The van der Waals surface area contributed by atoms with E-state index in [0.29, 0.717) is 81.4 Å². The minimum absolute atomic E-state index is 0.0998. The second-order valence-corrected chi connectivity index (χ2v) is 10.8. The molecule has 2 bridgehead atoms. The fraction of sp³-hybridized carbons (Fsp3) is 0.484. The van der Waals surface area contributed by atoms with Gasteiger partial charge in [-0.2, -0.15) is 15.0 Å². The largest absolute Gasteiger partial charge is 0.377 e. The summed E-state index contributed by atoms with van der Waals surface area (Å²) in [5.74, 6) is 3.13. The van der Waals surface area contributed by atoms with Crippen LogP contribution in [0.1, 0.15) is 47.2 Å². The zero-order valence-electron chi connectivity index (χ0n) is 23.8. The van der Waals surface area contributed by atoms with Crippen LogP contribution in [0.4, 0.5) is 17.8 Å². The molecule has 3 unspecified atom stereocenters. The lowest BCUT2D eigenvalue weighted by Gasteiger charge is -2.23. The van der Waals surface area contributed by atoms with Crippen molar-refractivity contribution in [1.82, 2.24) is 20.3 Å². The molecule has 1 heterocycles. The highest BCUT2D eigenvalue weighted by Crippen LogP contribution is 2.45. The lowest BCUT2D eigenvalue weighted by Crippen LogP contribution is -2.27. The minimum Gasteiger partial charge on any atom is -0.377 e. The van der Waals surface area contributed by atoms with E-state index in [1.807, 2.05) is 18.2 Å². The minimum atomic E-state index is -0.0998. The second kappa shape index (κ2) is 14.7. The first-order chi connectivity index (χ1) is 20.1. The Kier molecular flexibility index (Phi) is 10.3. The Bertz CT molecular complexity index is 1240. The number of anilines is 3. The van der Waals surface area contributed by atoms with E-state index in [1.165, 1.54) is 36.8 Å². The standard InChI is InChI=1S/C31H41N7O3/c1-22-7-9-23(10-8-22)21-34-30-36-29(37-31(38-30)35-27-20-24-11-12-26(27)19-24)33-14-16-41-18-17-40-15-13-32-28(39)25-5-3-2-4-6-25/h2-10,24,26-27H,11-21H2,1H3,(H,32,39)(H3,33,34,35,36,37,38). The van der Waals surface area contributed by atoms with Gasteiger partial charge in [-0.05, 0) is 55.7 Å². The van der Waals surface area contributed by atoms with Crippen LogP contribution in [-0.2, 0) is 16.0 Å². The summed E-state index contributed by atoms with van der Waals surface area (Å²) in [6, 6.07) is 18.0. The normalized spacial score (nSPS) is 19.2.